The molecule has 2 aliphatic heterocycles. The molecule has 0 unspecified atom stereocenters. The van der Waals surface area contributed by atoms with Crippen molar-refractivity contribution < 1.29 is 27.4 Å². The van der Waals surface area contributed by atoms with E-state index >= 15 is 0 Å². The molecule has 138 valence electrons. The number of rotatable bonds is 5. The quantitative estimate of drug-likeness (QED) is 0.695. The molecule has 3 rings (SSSR count). The molecule has 2 bridgehead atoms. The molecule has 1 aromatic rings. The first-order chi connectivity index (χ1) is 11.6. The summed E-state index contributed by atoms with van der Waals surface area (Å²) in [7, 11) is 0. The number of benzene rings is 1. The minimum absolute atomic E-state index is 0.00304. The first-order valence-corrected chi connectivity index (χ1v) is 8.42. The van der Waals surface area contributed by atoms with E-state index in [1.54, 1.807) is 12.1 Å². The maximum atomic E-state index is 12.6. The van der Waals surface area contributed by atoms with Crippen molar-refractivity contribution in [3.8, 4) is 5.75 Å². The van der Waals surface area contributed by atoms with E-state index in [4.69, 9.17) is 9.47 Å². The summed E-state index contributed by atoms with van der Waals surface area (Å²) in [5.74, 6) is 0.0182. The summed E-state index contributed by atoms with van der Waals surface area (Å²) >= 11 is 0. The average molecular weight is 356 g/mol. The standard InChI is InChI=1S/C19H23F3O3/c1-12(2)18-10-9-17(4,25-18)16(13(18)3)23-11-14-7-5-6-8-15(14)24-19(20,21)22/h5-8,12,16H,3,9-11H2,1-2,4H3/t16-,17+,18+/m1/s1. The highest BCUT2D eigenvalue weighted by Crippen LogP contribution is 2.57. The Labute approximate surface area is 145 Å². The highest BCUT2D eigenvalue weighted by molar-refractivity contribution is 5.35. The minimum atomic E-state index is -4.73. The van der Waals surface area contributed by atoms with E-state index in [1.807, 2.05) is 6.92 Å². The number of hydrogen-bond donors (Lipinski definition) is 0. The van der Waals surface area contributed by atoms with Gasteiger partial charge >= 0.3 is 6.36 Å². The fourth-order valence-electron chi connectivity index (χ4n) is 4.03. The van der Waals surface area contributed by atoms with E-state index in [0.29, 0.717) is 5.56 Å². The van der Waals surface area contributed by atoms with E-state index in [9.17, 15) is 13.2 Å². The van der Waals surface area contributed by atoms with Crippen LogP contribution < -0.4 is 4.74 Å². The van der Waals surface area contributed by atoms with Gasteiger partial charge in [-0.15, -0.1) is 13.2 Å². The Hall–Kier alpha value is -1.53. The summed E-state index contributed by atoms with van der Waals surface area (Å²) in [6.07, 6.45) is -3.34. The van der Waals surface area contributed by atoms with Crippen molar-refractivity contribution in [1.82, 2.24) is 0 Å². The third-order valence-electron chi connectivity index (χ3n) is 5.36. The van der Waals surface area contributed by atoms with Crippen LogP contribution in [0.25, 0.3) is 0 Å². The lowest BCUT2D eigenvalue weighted by molar-refractivity contribution is -0.275. The van der Waals surface area contributed by atoms with Crippen LogP contribution in [0.2, 0.25) is 0 Å². The van der Waals surface area contributed by atoms with Gasteiger partial charge in [0.1, 0.15) is 11.9 Å². The zero-order valence-electron chi connectivity index (χ0n) is 14.7. The minimum Gasteiger partial charge on any atom is -0.405 e. The predicted molar refractivity (Wildman–Crippen MR) is 87.1 cm³/mol. The molecule has 3 nitrogen and oxygen atoms in total. The highest BCUT2D eigenvalue weighted by Gasteiger charge is 2.63. The molecule has 2 heterocycles. The molecule has 2 fully saturated rings. The summed E-state index contributed by atoms with van der Waals surface area (Å²) in [4.78, 5) is 0. The summed E-state index contributed by atoms with van der Waals surface area (Å²) < 4.78 is 54.0. The molecule has 0 spiro atoms. The number of ether oxygens (including phenoxy) is 3. The zero-order chi connectivity index (χ0) is 18.5. The molecule has 0 aliphatic carbocycles. The first kappa shape index (κ1) is 18.3. The molecule has 0 amide bonds. The third kappa shape index (κ3) is 3.17. The lowest BCUT2D eigenvalue weighted by Crippen LogP contribution is -2.40. The van der Waals surface area contributed by atoms with Crippen LogP contribution in [-0.2, 0) is 16.1 Å². The zero-order valence-corrected chi connectivity index (χ0v) is 14.7. The van der Waals surface area contributed by atoms with Gasteiger partial charge in [-0.05, 0) is 37.3 Å². The molecular formula is C19H23F3O3. The Kier molecular flexibility index (Phi) is 4.40. The van der Waals surface area contributed by atoms with Gasteiger partial charge in [-0.1, -0.05) is 38.6 Å². The topological polar surface area (TPSA) is 27.7 Å². The second-order valence-corrected chi connectivity index (χ2v) is 7.33. The van der Waals surface area contributed by atoms with Crippen LogP contribution in [-0.4, -0.2) is 23.7 Å². The van der Waals surface area contributed by atoms with E-state index in [2.05, 4.69) is 25.2 Å². The summed E-state index contributed by atoms with van der Waals surface area (Å²) in [6, 6.07) is 6.01. The third-order valence-corrected chi connectivity index (χ3v) is 5.36. The molecule has 25 heavy (non-hydrogen) atoms. The lowest BCUT2D eigenvalue weighted by atomic mass is 9.72. The maximum Gasteiger partial charge on any atom is 0.573 e. The summed E-state index contributed by atoms with van der Waals surface area (Å²) in [5, 5.41) is 0. The van der Waals surface area contributed by atoms with Crippen molar-refractivity contribution in [2.24, 2.45) is 5.92 Å². The number of para-hydroxylation sites is 1. The van der Waals surface area contributed by atoms with E-state index in [0.717, 1.165) is 18.4 Å². The summed E-state index contributed by atoms with van der Waals surface area (Å²) in [6.45, 7) is 10.4. The Morgan fingerprint density at radius 3 is 2.56 bits per heavy atom. The van der Waals surface area contributed by atoms with Gasteiger partial charge in [-0.2, -0.15) is 0 Å². The number of fused-ring (bicyclic) bond motifs is 2. The molecule has 3 atom stereocenters. The van der Waals surface area contributed by atoms with Crippen LogP contribution in [0.5, 0.6) is 5.75 Å². The average Bonchev–Trinajstić information content (AvgIpc) is 2.96. The van der Waals surface area contributed by atoms with Gasteiger partial charge in [0.25, 0.3) is 0 Å². The smallest absolute Gasteiger partial charge is 0.405 e. The molecule has 0 N–H and O–H groups in total. The molecule has 0 saturated carbocycles. The first-order valence-electron chi connectivity index (χ1n) is 8.42. The van der Waals surface area contributed by atoms with Gasteiger partial charge in [-0.25, -0.2) is 0 Å². The predicted octanol–water partition coefficient (Wildman–Crippen LogP) is 5.00. The van der Waals surface area contributed by atoms with Crippen LogP contribution in [0.3, 0.4) is 0 Å². The second-order valence-electron chi connectivity index (χ2n) is 7.33. The van der Waals surface area contributed by atoms with Crippen LogP contribution in [0.4, 0.5) is 13.2 Å². The highest BCUT2D eigenvalue weighted by atomic mass is 19.4. The van der Waals surface area contributed by atoms with E-state index in [-0.39, 0.29) is 24.4 Å². The van der Waals surface area contributed by atoms with Crippen molar-refractivity contribution in [3.63, 3.8) is 0 Å². The van der Waals surface area contributed by atoms with E-state index < -0.39 is 17.6 Å². The second kappa shape index (κ2) is 6.02. The van der Waals surface area contributed by atoms with Crippen LogP contribution in [0.15, 0.2) is 36.4 Å². The molecular weight excluding hydrogens is 333 g/mol. The van der Waals surface area contributed by atoms with Crippen LogP contribution in [0.1, 0.15) is 39.2 Å². The Morgan fingerprint density at radius 2 is 1.96 bits per heavy atom. The normalized spacial score (nSPS) is 31.8. The van der Waals surface area contributed by atoms with Crippen molar-refractivity contribution in [2.75, 3.05) is 0 Å². The van der Waals surface area contributed by atoms with Gasteiger partial charge in [0, 0.05) is 5.56 Å². The van der Waals surface area contributed by atoms with Gasteiger partial charge in [0.15, 0.2) is 0 Å². The fraction of sp³-hybridized carbons (Fsp3) is 0.579. The number of hydrogen-bond acceptors (Lipinski definition) is 3. The van der Waals surface area contributed by atoms with Crippen molar-refractivity contribution in [1.29, 1.82) is 0 Å². The van der Waals surface area contributed by atoms with Crippen LogP contribution >= 0.6 is 0 Å². The lowest BCUT2D eigenvalue weighted by Gasteiger charge is -2.34. The maximum absolute atomic E-state index is 12.6. The van der Waals surface area contributed by atoms with Crippen molar-refractivity contribution >= 4 is 0 Å². The largest absolute Gasteiger partial charge is 0.573 e. The van der Waals surface area contributed by atoms with Gasteiger partial charge in [0.2, 0.25) is 0 Å². The molecule has 2 aliphatic rings. The van der Waals surface area contributed by atoms with Crippen LogP contribution in [0, 0.1) is 5.92 Å². The van der Waals surface area contributed by atoms with Gasteiger partial charge < -0.3 is 14.2 Å². The SMILES string of the molecule is C=C1[C@@H](OCc2ccccc2OC(F)(F)F)[C@]2(C)CC[C@@]1(C(C)C)O2. The molecule has 6 heteroatoms. The molecule has 0 aromatic heterocycles. The number of halogens is 3. The Morgan fingerprint density at radius 1 is 1.28 bits per heavy atom. The fourth-order valence-corrected chi connectivity index (χ4v) is 4.03. The molecule has 2 saturated heterocycles. The van der Waals surface area contributed by atoms with Crippen molar-refractivity contribution in [3.05, 3.63) is 42.0 Å². The summed E-state index contributed by atoms with van der Waals surface area (Å²) in [5.41, 5.74) is 0.339. The molecule has 0 radical (unpaired) electrons. The Bertz CT molecular complexity index is 670. The van der Waals surface area contributed by atoms with Gasteiger partial charge in [0.05, 0.1) is 17.8 Å². The Balaban J connectivity index is 1.76. The molecule has 1 aromatic carbocycles. The van der Waals surface area contributed by atoms with Gasteiger partial charge in [-0.3, -0.25) is 0 Å². The van der Waals surface area contributed by atoms with Crippen molar-refractivity contribution in [2.45, 2.75) is 63.9 Å². The number of alkyl halides is 3. The monoisotopic (exact) mass is 356 g/mol. The van der Waals surface area contributed by atoms with E-state index in [1.165, 1.54) is 12.1 Å².